The highest BCUT2D eigenvalue weighted by molar-refractivity contribution is 5.94. The second-order valence-electron chi connectivity index (χ2n) is 17.0. The van der Waals surface area contributed by atoms with Gasteiger partial charge in [-0.15, -0.1) is 0 Å². The Labute approximate surface area is 353 Å². The number of carbonyl (C=O) groups is 4. The van der Waals surface area contributed by atoms with Crippen molar-refractivity contribution in [2.45, 2.75) is 172 Å². The number of aliphatic hydroxyl groups is 3. The molecule has 334 valence electrons. The molecule has 4 N–H and O–H groups in total. The molecule has 0 spiro atoms. The molecule has 0 saturated carbocycles. The number of fused-ring (bicyclic) bond motifs is 6. The summed E-state index contributed by atoms with van der Waals surface area (Å²) in [7, 11) is 1.19. The smallest absolute Gasteiger partial charge is 0.339 e. The van der Waals surface area contributed by atoms with Crippen LogP contribution in [0.5, 0.6) is 0 Å². The van der Waals surface area contributed by atoms with Gasteiger partial charge in [0.2, 0.25) is 11.7 Å². The van der Waals surface area contributed by atoms with Crippen LogP contribution in [0.1, 0.15) is 127 Å². The van der Waals surface area contributed by atoms with Crippen molar-refractivity contribution in [2.75, 3.05) is 25.6 Å². The Kier molecular flexibility index (Phi) is 17.7. The lowest BCUT2D eigenvalue weighted by Gasteiger charge is -2.51. The van der Waals surface area contributed by atoms with Crippen molar-refractivity contribution in [3.63, 3.8) is 0 Å². The van der Waals surface area contributed by atoms with Crippen molar-refractivity contribution in [3.05, 3.63) is 53.6 Å². The highest BCUT2D eigenvalue weighted by atomic mass is 16.7. The predicted molar refractivity (Wildman–Crippen MR) is 218 cm³/mol. The highest BCUT2D eigenvalue weighted by Gasteiger charge is 2.57. The third kappa shape index (κ3) is 13.4. The molecule has 1 aromatic rings. The van der Waals surface area contributed by atoms with E-state index in [1.165, 1.54) is 19.2 Å². The maximum atomic E-state index is 14.0. The standard InChI is InChI=1S/C45H65NO14/c1-5-6-7-8-9-16-38(49)46-31-13-10-12-29(21-31)43(52)59-42-30(23-39(50)54-4)22-36-27-37(28-47)57-40(51)25-32(48)24-33-14-11-15-34(56-33)26-35-18-20-55-41(58-35)17-19-44(2,3)45(42,53)60-36/h10,12-13,17,19,21,23,32-37,41-42,47-48,53H,5-9,11,14-16,18,20,22,24-28H2,1-4H3,(H,46,49)/b19-17-,30-23+/t32-,33+,34-,35+,36+,37-,41+,42+,45-/m1/s1. The Hall–Kier alpha value is -3.70. The summed E-state index contributed by atoms with van der Waals surface area (Å²) in [5.74, 6) is -4.98. The molecular formula is C45H65NO14. The summed E-state index contributed by atoms with van der Waals surface area (Å²) < 4.78 is 41.8. The maximum Gasteiger partial charge on any atom is 0.339 e. The Bertz CT molecular complexity index is 1660. The largest absolute Gasteiger partial charge is 0.466 e. The van der Waals surface area contributed by atoms with E-state index in [1.54, 1.807) is 38.1 Å². The van der Waals surface area contributed by atoms with Gasteiger partial charge >= 0.3 is 17.9 Å². The summed E-state index contributed by atoms with van der Waals surface area (Å²) in [5.41, 5.74) is -0.818. The lowest BCUT2D eigenvalue weighted by atomic mass is 9.74. The third-order valence-electron chi connectivity index (χ3n) is 11.7. The Morgan fingerprint density at radius 1 is 0.967 bits per heavy atom. The number of benzene rings is 1. The molecule has 5 rings (SSSR count). The molecular weight excluding hydrogens is 778 g/mol. The van der Waals surface area contributed by atoms with E-state index in [-0.39, 0.29) is 61.0 Å². The number of hydrogen-bond acceptors (Lipinski definition) is 14. The summed E-state index contributed by atoms with van der Waals surface area (Å²) in [6, 6.07) is 6.23. The number of hydrogen-bond donors (Lipinski definition) is 4. The van der Waals surface area contributed by atoms with Gasteiger partial charge in [-0.1, -0.05) is 58.6 Å². The summed E-state index contributed by atoms with van der Waals surface area (Å²) >= 11 is 0. The number of carbonyl (C=O) groups excluding carboxylic acids is 4. The van der Waals surface area contributed by atoms with Crippen LogP contribution < -0.4 is 5.32 Å². The van der Waals surface area contributed by atoms with E-state index in [9.17, 15) is 34.5 Å². The molecule has 4 aliphatic heterocycles. The van der Waals surface area contributed by atoms with Gasteiger partial charge in [0, 0.05) is 36.4 Å². The van der Waals surface area contributed by atoms with Gasteiger partial charge in [-0.05, 0) is 74.8 Å². The van der Waals surface area contributed by atoms with Crippen LogP contribution in [-0.4, -0.2) is 114 Å². The summed E-state index contributed by atoms with van der Waals surface area (Å²) in [6.45, 7) is 5.26. The molecule has 4 heterocycles. The van der Waals surface area contributed by atoms with Gasteiger partial charge in [0.25, 0.3) is 0 Å². The van der Waals surface area contributed by atoms with Gasteiger partial charge in [0.1, 0.15) is 6.10 Å². The number of aliphatic hydroxyl groups excluding tert-OH is 2. The van der Waals surface area contributed by atoms with E-state index in [2.05, 4.69) is 12.2 Å². The van der Waals surface area contributed by atoms with Crippen molar-refractivity contribution in [2.24, 2.45) is 5.41 Å². The Morgan fingerprint density at radius 3 is 2.47 bits per heavy atom. The zero-order valence-electron chi connectivity index (χ0n) is 35.5. The van der Waals surface area contributed by atoms with Crippen LogP contribution in [-0.2, 0) is 47.5 Å². The van der Waals surface area contributed by atoms with E-state index in [1.807, 2.05) is 0 Å². The molecule has 0 unspecified atom stereocenters. The number of rotatable bonds is 11. The predicted octanol–water partition coefficient (Wildman–Crippen LogP) is 5.58. The first-order chi connectivity index (χ1) is 28.7. The molecule has 3 saturated heterocycles. The van der Waals surface area contributed by atoms with Crippen molar-refractivity contribution in [1.82, 2.24) is 0 Å². The van der Waals surface area contributed by atoms with Gasteiger partial charge in [-0.2, -0.15) is 0 Å². The first-order valence-electron chi connectivity index (χ1n) is 21.6. The van der Waals surface area contributed by atoms with E-state index in [0.29, 0.717) is 31.6 Å². The molecule has 6 bridgehead atoms. The Morgan fingerprint density at radius 2 is 1.72 bits per heavy atom. The van der Waals surface area contributed by atoms with Crippen molar-refractivity contribution >= 4 is 29.5 Å². The molecule has 3 fully saturated rings. The van der Waals surface area contributed by atoms with Gasteiger partial charge in [-0.25, -0.2) is 9.59 Å². The number of ether oxygens (including phenoxy) is 7. The van der Waals surface area contributed by atoms with E-state index < -0.39 is 66.4 Å². The van der Waals surface area contributed by atoms with Crippen LogP contribution in [0.25, 0.3) is 0 Å². The lowest BCUT2D eigenvalue weighted by molar-refractivity contribution is -0.324. The van der Waals surface area contributed by atoms with Crippen LogP contribution >= 0.6 is 0 Å². The van der Waals surface area contributed by atoms with E-state index in [0.717, 1.165) is 57.4 Å². The van der Waals surface area contributed by atoms with Crippen molar-refractivity contribution in [1.29, 1.82) is 0 Å². The normalized spacial score (nSPS) is 32.5. The zero-order chi connectivity index (χ0) is 43.3. The topological polar surface area (TPSA) is 206 Å². The molecule has 0 radical (unpaired) electrons. The summed E-state index contributed by atoms with van der Waals surface area (Å²) in [4.78, 5) is 52.7. The average Bonchev–Trinajstić information content (AvgIpc) is 3.20. The van der Waals surface area contributed by atoms with Crippen LogP contribution in [0.3, 0.4) is 0 Å². The lowest BCUT2D eigenvalue weighted by Crippen LogP contribution is -2.62. The Balaban J connectivity index is 1.46. The molecule has 9 atom stereocenters. The minimum Gasteiger partial charge on any atom is -0.466 e. The first-order valence-corrected chi connectivity index (χ1v) is 21.6. The van der Waals surface area contributed by atoms with Crippen LogP contribution in [0.4, 0.5) is 5.69 Å². The third-order valence-corrected chi connectivity index (χ3v) is 11.7. The number of amides is 1. The fourth-order valence-corrected chi connectivity index (χ4v) is 8.33. The number of methoxy groups -OCH3 is 1. The van der Waals surface area contributed by atoms with Crippen LogP contribution in [0.15, 0.2) is 48.1 Å². The number of unbranched alkanes of at least 4 members (excludes halogenated alkanes) is 4. The first kappa shape index (κ1) is 47.4. The minimum atomic E-state index is -2.40. The van der Waals surface area contributed by atoms with Crippen molar-refractivity contribution < 1.29 is 67.7 Å². The monoisotopic (exact) mass is 843 g/mol. The van der Waals surface area contributed by atoms with Gasteiger partial charge in [0.05, 0.1) is 62.8 Å². The highest BCUT2D eigenvalue weighted by Crippen LogP contribution is 2.47. The second kappa shape index (κ2) is 22.4. The molecule has 0 aliphatic carbocycles. The summed E-state index contributed by atoms with van der Waals surface area (Å²) in [6.07, 6.45) is 7.03. The molecule has 0 aromatic heterocycles. The van der Waals surface area contributed by atoms with Crippen LogP contribution in [0.2, 0.25) is 0 Å². The minimum absolute atomic E-state index is 0.0666. The van der Waals surface area contributed by atoms with E-state index in [4.69, 9.17) is 33.2 Å². The molecule has 15 nitrogen and oxygen atoms in total. The average molecular weight is 844 g/mol. The SMILES string of the molecule is CCCCCCCC(=O)Nc1cccc(C(=O)O[C@H]2/C(=C/C(=O)OC)C[C@H]3C[C@H](CO)OC(=O)C[C@H](O)C[C@@H]4CCC[C@H](C[C@@H]5CCO[C@H](/C=C\C(C)(C)[C@]2(O)O3)O5)O4)c1. The molecule has 1 amide bonds. The maximum absolute atomic E-state index is 14.0. The number of anilines is 1. The van der Waals surface area contributed by atoms with Crippen LogP contribution in [0, 0.1) is 5.41 Å². The fraction of sp³-hybridized carbons (Fsp3) is 0.689. The second-order valence-corrected chi connectivity index (χ2v) is 17.0. The van der Waals surface area contributed by atoms with Gasteiger partial charge < -0.3 is 53.8 Å². The molecule has 1 aromatic carbocycles. The van der Waals surface area contributed by atoms with Crippen molar-refractivity contribution in [3.8, 4) is 0 Å². The quantitative estimate of drug-likeness (QED) is 0.0706. The van der Waals surface area contributed by atoms with Gasteiger partial charge in [0.15, 0.2) is 12.4 Å². The summed E-state index contributed by atoms with van der Waals surface area (Å²) in [5, 5.41) is 36.9. The number of nitrogens with one attached hydrogen (secondary N) is 1. The van der Waals surface area contributed by atoms with Gasteiger partial charge in [-0.3, -0.25) is 9.59 Å². The molecule has 15 heteroatoms. The number of cyclic esters (lactones) is 1. The number of esters is 3. The zero-order valence-corrected chi connectivity index (χ0v) is 35.5. The molecule has 60 heavy (non-hydrogen) atoms. The fourth-order valence-electron chi connectivity index (χ4n) is 8.33. The van der Waals surface area contributed by atoms with E-state index >= 15 is 0 Å². The molecule has 4 aliphatic rings.